The highest BCUT2D eigenvalue weighted by Crippen LogP contribution is 2.43. The van der Waals surface area contributed by atoms with Crippen molar-refractivity contribution in [3.8, 4) is 5.75 Å². The number of phenols is 1. The maximum Gasteiger partial charge on any atom is 0.174 e. The van der Waals surface area contributed by atoms with Crippen LogP contribution in [0.15, 0.2) is 67.0 Å². The van der Waals surface area contributed by atoms with Gasteiger partial charge in [-0.3, -0.25) is 4.98 Å². The van der Waals surface area contributed by atoms with Crippen molar-refractivity contribution in [1.82, 2.24) is 14.9 Å². The van der Waals surface area contributed by atoms with E-state index in [2.05, 4.69) is 44.2 Å². The van der Waals surface area contributed by atoms with Crippen molar-refractivity contribution in [2.45, 2.75) is 50.2 Å². The number of nitrogens with zero attached hydrogens (tertiary/aromatic N) is 3. The molecule has 2 unspecified atom stereocenters. The molecule has 3 aromatic rings. The molecule has 5 nitrogen and oxygen atoms in total. The van der Waals surface area contributed by atoms with Gasteiger partial charge in [-0.2, -0.15) is 0 Å². The van der Waals surface area contributed by atoms with E-state index in [1.165, 1.54) is 37.8 Å². The summed E-state index contributed by atoms with van der Waals surface area (Å²) in [6, 6.07) is 18.1. The van der Waals surface area contributed by atoms with Crippen molar-refractivity contribution in [3.05, 3.63) is 78.4 Å². The number of thiocarbonyl (C=S) groups is 1. The summed E-state index contributed by atoms with van der Waals surface area (Å²) in [6.45, 7) is 0. The highest BCUT2D eigenvalue weighted by Gasteiger charge is 2.42. The van der Waals surface area contributed by atoms with Crippen LogP contribution in [-0.2, 0) is 0 Å². The number of anilines is 1. The molecule has 1 saturated heterocycles. The van der Waals surface area contributed by atoms with Crippen LogP contribution in [0.5, 0.6) is 5.75 Å². The molecular formula is C24H26N4OS. The molecular weight excluding hydrogens is 392 g/mol. The van der Waals surface area contributed by atoms with Crippen molar-refractivity contribution in [1.29, 1.82) is 0 Å². The van der Waals surface area contributed by atoms with Gasteiger partial charge in [-0.25, -0.2) is 0 Å². The van der Waals surface area contributed by atoms with E-state index in [0.29, 0.717) is 11.2 Å². The van der Waals surface area contributed by atoms with Crippen LogP contribution in [0, 0.1) is 0 Å². The number of aromatic hydroxyl groups is 1. The summed E-state index contributed by atoms with van der Waals surface area (Å²) in [5.74, 6) is 0.250. The van der Waals surface area contributed by atoms with Gasteiger partial charge >= 0.3 is 0 Å². The summed E-state index contributed by atoms with van der Waals surface area (Å²) in [5, 5.41) is 14.0. The number of phenolic OH excluding ortho intramolecular Hbond substituents is 1. The fourth-order valence-corrected chi connectivity index (χ4v) is 5.24. The van der Waals surface area contributed by atoms with Crippen molar-refractivity contribution in [3.63, 3.8) is 0 Å². The largest absolute Gasteiger partial charge is 0.508 e. The third-order valence-electron chi connectivity index (χ3n) is 6.31. The van der Waals surface area contributed by atoms with Crippen molar-refractivity contribution in [2.75, 3.05) is 4.90 Å². The van der Waals surface area contributed by atoms with Crippen LogP contribution in [0.2, 0.25) is 0 Å². The molecule has 5 rings (SSSR count). The summed E-state index contributed by atoms with van der Waals surface area (Å²) in [7, 11) is 0. The summed E-state index contributed by atoms with van der Waals surface area (Å²) in [5.41, 5.74) is 3.19. The Balaban J connectivity index is 1.61. The zero-order valence-electron chi connectivity index (χ0n) is 16.8. The predicted molar refractivity (Wildman–Crippen MR) is 123 cm³/mol. The molecule has 2 atom stereocenters. The van der Waals surface area contributed by atoms with Gasteiger partial charge in [0.15, 0.2) is 5.11 Å². The molecule has 0 amide bonds. The fourth-order valence-electron chi connectivity index (χ4n) is 4.90. The van der Waals surface area contributed by atoms with Gasteiger partial charge in [-0.15, -0.1) is 0 Å². The Bertz CT molecular complexity index is 1010. The second-order valence-corrected chi connectivity index (χ2v) is 8.53. The lowest BCUT2D eigenvalue weighted by Gasteiger charge is -2.32. The zero-order chi connectivity index (χ0) is 20.5. The second kappa shape index (κ2) is 8.11. The molecule has 1 aromatic carbocycles. The number of pyridine rings is 1. The van der Waals surface area contributed by atoms with Gasteiger partial charge in [0.25, 0.3) is 0 Å². The Morgan fingerprint density at radius 2 is 1.77 bits per heavy atom. The van der Waals surface area contributed by atoms with Crippen LogP contribution in [-0.4, -0.2) is 19.8 Å². The minimum Gasteiger partial charge on any atom is -0.508 e. The predicted octanol–water partition coefficient (Wildman–Crippen LogP) is 5.27. The lowest BCUT2D eigenvalue weighted by atomic mass is 9.94. The van der Waals surface area contributed by atoms with E-state index in [4.69, 9.17) is 12.2 Å². The highest BCUT2D eigenvalue weighted by atomic mass is 32.1. The topological polar surface area (TPSA) is 53.3 Å². The Morgan fingerprint density at radius 3 is 2.50 bits per heavy atom. The Hall–Kier alpha value is -2.86. The summed E-state index contributed by atoms with van der Waals surface area (Å²) < 4.78 is 2.46. The number of aromatic nitrogens is 2. The van der Waals surface area contributed by atoms with Crippen LogP contribution in [0.1, 0.15) is 61.6 Å². The third-order valence-corrected chi connectivity index (χ3v) is 6.62. The standard InChI is InChI=1S/C24H26N4OS/c29-19-13-11-18(12-14-19)28-23(22(26-24(28)30)20-9-4-5-15-25-20)21-10-6-16-27(21)17-7-2-1-3-8-17/h4-6,9-17,22-23,29H,1-3,7-8H2,(H,26,30). The molecule has 1 saturated carbocycles. The Kier molecular flexibility index (Phi) is 5.17. The monoisotopic (exact) mass is 418 g/mol. The number of hydrogen-bond donors (Lipinski definition) is 2. The van der Waals surface area contributed by atoms with Gasteiger partial charge in [-0.1, -0.05) is 25.3 Å². The molecule has 1 aliphatic heterocycles. The minimum absolute atomic E-state index is 0.0196. The van der Waals surface area contributed by atoms with Crippen LogP contribution in [0.25, 0.3) is 0 Å². The van der Waals surface area contributed by atoms with Crippen molar-refractivity contribution < 1.29 is 5.11 Å². The molecule has 30 heavy (non-hydrogen) atoms. The van der Waals surface area contributed by atoms with E-state index >= 15 is 0 Å². The molecule has 0 bridgehead atoms. The van der Waals surface area contributed by atoms with E-state index in [1.54, 1.807) is 12.1 Å². The average molecular weight is 419 g/mol. The second-order valence-electron chi connectivity index (χ2n) is 8.15. The lowest BCUT2D eigenvalue weighted by molar-refractivity contribution is 0.340. The van der Waals surface area contributed by atoms with Crippen molar-refractivity contribution in [2.24, 2.45) is 0 Å². The first-order chi connectivity index (χ1) is 14.7. The van der Waals surface area contributed by atoms with Gasteiger partial charge in [0.2, 0.25) is 0 Å². The SMILES string of the molecule is Oc1ccc(N2C(=S)NC(c3ccccn3)C2c2cccn2C2CCCCC2)cc1. The smallest absolute Gasteiger partial charge is 0.174 e. The van der Waals surface area contributed by atoms with E-state index in [9.17, 15) is 5.11 Å². The Labute approximate surface area is 182 Å². The molecule has 2 aromatic heterocycles. The molecule has 3 heterocycles. The fraction of sp³-hybridized carbons (Fsp3) is 0.333. The van der Waals surface area contributed by atoms with Gasteiger partial charge in [-0.05, 0) is 73.6 Å². The molecule has 0 spiro atoms. The average Bonchev–Trinajstić information content (AvgIpc) is 3.40. The highest BCUT2D eigenvalue weighted by molar-refractivity contribution is 7.80. The van der Waals surface area contributed by atoms with Gasteiger partial charge < -0.3 is 19.9 Å². The van der Waals surface area contributed by atoms with E-state index in [1.807, 2.05) is 30.5 Å². The number of hydrogen-bond acceptors (Lipinski definition) is 3. The van der Waals surface area contributed by atoms with Crippen LogP contribution in [0.3, 0.4) is 0 Å². The first-order valence-corrected chi connectivity index (χ1v) is 11.1. The Morgan fingerprint density at radius 1 is 0.967 bits per heavy atom. The molecule has 2 fully saturated rings. The first-order valence-electron chi connectivity index (χ1n) is 10.7. The zero-order valence-corrected chi connectivity index (χ0v) is 17.6. The molecule has 2 aliphatic rings. The summed E-state index contributed by atoms with van der Waals surface area (Å²) in [6.07, 6.45) is 10.4. The maximum atomic E-state index is 9.78. The lowest BCUT2D eigenvalue weighted by Crippen LogP contribution is -2.31. The molecule has 6 heteroatoms. The molecule has 154 valence electrons. The summed E-state index contributed by atoms with van der Waals surface area (Å²) in [4.78, 5) is 6.81. The minimum atomic E-state index is -0.0512. The summed E-state index contributed by atoms with van der Waals surface area (Å²) >= 11 is 5.80. The normalized spacial score (nSPS) is 22.3. The van der Waals surface area contributed by atoms with Gasteiger partial charge in [0, 0.05) is 29.8 Å². The van der Waals surface area contributed by atoms with Crippen LogP contribution >= 0.6 is 12.2 Å². The quantitative estimate of drug-likeness (QED) is 0.565. The first kappa shape index (κ1) is 19.1. The third kappa shape index (κ3) is 3.45. The van der Waals surface area contributed by atoms with E-state index in [-0.39, 0.29) is 17.8 Å². The van der Waals surface area contributed by atoms with Gasteiger partial charge in [0.05, 0.1) is 11.7 Å². The molecule has 0 radical (unpaired) electrons. The molecule has 1 aliphatic carbocycles. The number of benzene rings is 1. The van der Waals surface area contributed by atoms with Crippen LogP contribution in [0.4, 0.5) is 5.69 Å². The maximum absolute atomic E-state index is 9.78. The van der Waals surface area contributed by atoms with Crippen molar-refractivity contribution >= 4 is 23.0 Å². The number of nitrogens with one attached hydrogen (secondary N) is 1. The molecule has 2 N–H and O–H groups in total. The van der Waals surface area contributed by atoms with Gasteiger partial charge in [0.1, 0.15) is 11.8 Å². The van der Waals surface area contributed by atoms with E-state index < -0.39 is 0 Å². The van der Waals surface area contributed by atoms with E-state index in [0.717, 1.165) is 11.4 Å². The van der Waals surface area contributed by atoms with Crippen LogP contribution < -0.4 is 10.2 Å². The number of rotatable bonds is 4.